The van der Waals surface area contributed by atoms with Crippen LogP contribution in [-0.2, 0) is 28.6 Å². The van der Waals surface area contributed by atoms with Crippen LogP contribution in [0.2, 0.25) is 0 Å². The Bertz CT molecular complexity index is 1290. The van der Waals surface area contributed by atoms with Gasteiger partial charge in [-0.2, -0.15) is 0 Å². The zero-order valence-electron chi connectivity index (χ0n) is 42.6. The minimum atomic E-state index is -1.13. The number of hydrogen-bond donors (Lipinski definition) is 0. The summed E-state index contributed by atoms with van der Waals surface area (Å²) in [5, 5.41) is 11.7. The molecule has 0 spiro atoms. The van der Waals surface area contributed by atoms with Crippen LogP contribution in [0.3, 0.4) is 0 Å². The fourth-order valence-corrected chi connectivity index (χ4v) is 7.52. The van der Waals surface area contributed by atoms with Gasteiger partial charge in [0, 0.05) is 19.3 Å². The fraction of sp³-hybridized carbons (Fsp3) is 0.737. The molecule has 0 aromatic rings. The van der Waals surface area contributed by atoms with Gasteiger partial charge in [-0.1, -0.05) is 196 Å². The summed E-state index contributed by atoms with van der Waals surface area (Å²) in [7, 11) is 5.41. The van der Waals surface area contributed by atoms with E-state index in [0.29, 0.717) is 12.8 Å². The van der Waals surface area contributed by atoms with Crippen LogP contribution in [-0.4, -0.2) is 75.5 Å². The second-order valence-electron chi connectivity index (χ2n) is 18.8. The lowest BCUT2D eigenvalue weighted by molar-refractivity contribution is -0.889. The summed E-state index contributed by atoms with van der Waals surface area (Å²) in [5.74, 6) is -1.75. The topological polar surface area (TPSA) is 102 Å². The number of carbonyl (C=O) groups excluding carboxylic acids is 3. The molecule has 0 rings (SSSR count). The predicted octanol–water partition coefficient (Wildman–Crippen LogP) is 14.1. The number of ether oxygens (including phenoxy) is 3. The van der Waals surface area contributed by atoms with Gasteiger partial charge in [0.2, 0.25) is 0 Å². The van der Waals surface area contributed by atoms with Gasteiger partial charge in [-0.05, 0) is 77.0 Å². The Morgan fingerprint density at radius 3 is 1.37 bits per heavy atom. The van der Waals surface area contributed by atoms with E-state index in [1.807, 2.05) is 0 Å². The molecule has 8 nitrogen and oxygen atoms in total. The highest BCUT2D eigenvalue weighted by molar-refractivity contribution is 5.70. The Kier molecular flexibility index (Phi) is 44.9. The van der Waals surface area contributed by atoms with Crippen LogP contribution in [0.4, 0.5) is 0 Å². The molecule has 0 radical (unpaired) electrons. The molecule has 0 N–H and O–H groups in total. The van der Waals surface area contributed by atoms with Crippen molar-refractivity contribution in [2.75, 3.05) is 41.0 Å². The molecule has 65 heavy (non-hydrogen) atoms. The van der Waals surface area contributed by atoms with Gasteiger partial charge in [0.05, 0.1) is 40.3 Å². The molecule has 0 saturated heterocycles. The highest BCUT2D eigenvalue weighted by Gasteiger charge is 2.25. The number of carboxylic acids is 1. The smallest absolute Gasteiger partial charge is 0.306 e. The zero-order chi connectivity index (χ0) is 47.7. The average molecular weight is 910 g/mol. The lowest BCUT2D eigenvalue weighted by Crippen LogP contribution is -2.55. The highest BCUT2D eigenvalue weighted by Crippen LogP contribution is 2.15. The molecule has 0 heterocycles. The molecule has 2 unspecified atom stereocenters. The van der Waals surface area contributed by atoms with Gasteiger partial charge < -0.3 is 28.6 Å². The third kappa shape index (κ3) is 45.7. The molecule has 374 valence electrons. The van der Waals surface area contributed by atoms with Gasteiger partial charge in [0.25, 0.3) is 0 Å². The van der Waals surface area contributed by atoms with E-state index in [4.69, 9.17) is 14.2 Å². The molecule has 0 aliphatic heterocycles. The van der Waals surface area contributed by atoms with Crippen molar-refractivity contribution in [2.45, 2.75) is 231 Å². The molecule has 0 aliphatic carbocycles. The molecule has 0 saturated carbocycles. The minimum absolute atomic E-state index is 0.0353. The van der Waals surface area contributed by atoms with Crippen LogP contribution in [0.25, 0.3) is 0 Å². The van der Waals surface area contributed by atoms with Crippen molar-refractivity contribution in [3.8, 4) is 0 Å². The van der Waals surface area contributed by atoms with Crippen LogP contribution in [0.15, 0.2) is 72.9 Å². The molecule has 0 aromatic heterocycles. The number of rotatable bonds is 47. The van der Waals surface area contributed by atoms with Crippen molar-refractivity contribution >= 4 is 17.9 Å². The first-order valence-corrected chi connectivity index (χ1v) is 26.5. The maximum Gasteiger partial charge on any atom is 0.306 e. The summed E-state index contributed by atoms with van der Waals surface area (Å²) in [6.07, 6.45) is 60.7. The maximum absolute atomic E-state index is 12.8. The molecule has 2 atom stereocenters. The van der Waals surface area contributed by atoms with Crippen LogP contribution in [0, 0.1) is 0 Å². The largest absolute Gasteiger partial charge is 0.544 e. The number of carbonyl (C=O) groups is 3. The van der Waals surface area contributed by atoms with E-state index < -0.39 is 18.1 Å². The van der Waals surface area contributed by atoms with E-state index in [2.05, 4.69) is 86.8 Å². The summed E-state index contributed by atoms with van der Waals surface area (Å²) in [4.78, 5) is 37.1. The van der Waals surface area contributed by atoms with Gasteiger partial charge in [-0.3, -0.25) is 9.59 Å². The first-order chi connectivity index (χ1) is 31.6. The molecular weight excluding hydrogens is 811 g/mol. The first-order valence-electron chi connectivity index (χ1n) is 26.5. The number of nitrogens with zero attached hydrogens (tertiary/aromatic N) is 1. The molecule has 8 heteroatoms. The van der Waals surface area contributed by atoms with Crippen LogP contribution >= 0.6 is 0 Å². The Balaban J connectivity index is 4.24. The molecule has 0 aliphatic rings. The number of carboxylic acid groups (broad SMARTS) is 1. The molecule has 0 fully saturated rings. The van der Waals surface area contributed by atoms with Gasteiger partial charge in [-0.15, -0.1) is 0 Å². The lowest BCUT2D eigenvalue weighted by Gasteiger charge is -2.34. The summed E-state index contributed by atoms with van der Waals surface area (Å²) < 4.78 is 17.3. The van der Waals surface area contributed by atoms with E-state index in [-0.39, 0.29) is 42.7 Å². The zero-order valence-corrected chi connectivity index (χ0v) is 42.6. The second-order valence-corrected chi connectivity index (χ2v) is 18.8. The number of unbranched alkanes of at least 4 members (excludes halogenated alkanes) is 22. The van der Waals surface area contributed by atoms with Gasteiger partial charge in [0.1, 0.15) is 12.6 Å². The summed E-state index contributed by atoms with van der Waals surface area (Å²) in [5.41, 5.74) is 0. The molecular formula is C57H99NO7. The van der Waals surface area contributed by atoms with Gasteiger partial charge >= 0.3 is 11.9 Å². The standard InChI is InChI=1S/C57H99NO7/c1-6-8-10-12-14-16-18-20-22-24-26-27-28-30-31-33-35-37-39-41-43-45-47-55(59)64-52-53(51-63-50-49-54(57(61)62)58(3,4)5)65-56(60)48-46-44-42-40-38-36-34-32-29-25-23-21-19-17-15-13-11-9-7-2/h8,10,14-17,19-22,26-27,53-54H,6-7,9,11-13,18,23-25,28-52H2,1-5H3/b10-8+,16-14+,17-15+,21-19+,22-20+,27-26+. The Morgan fingerprint density at radius 1 is 0.492 bits per heavy atom. The van der Waals surface area contributed by atoms with Crippen LogP contribution < -0.4 is 5.11 Å². The van der Waals surface area contributed by atoms with Crippen molar-refractivity contribution in [3.63, 3.8) is 0 Å². The van der Waals surface area contributed by atoms with E-state index in [0.717, 1.165) is 70.6 Å². The molecule has 0 aromatic carbocycles. The lowest BCUT2D eigenvalue weighted by atomic mass is 10.1. The Hall–Kier alpha value is -3.23. The summed E-state index contributed by atoms with van der Waals surface area (Å²) in [6, 6.07) is -0.731. The van der Waals surface area contributed by atoms with Gasteiger partial charge in [0.15, 0.2) is 6.10 Å². The normalized spacial score (nSPS) is 13.4. The third-order valence-corrected chi connectivity index (χ3v) is 11.6. The van der Waals surface area contributed by atoms with E-state index in [1.54, 1.807) is 21.1 Å². The monoisotopic (exact) mass is 910 g/mol. The molecule has 0 bridgehead atoms. The van der Waals surface area contributed by atoms with Crippen molar-refractivity contribution in [1.82, 2.24) is 0 Å². The quantitative estimate of drug-likeness (QED) is 0.0197. The van der Waals surface area contributed by atoms with Crippen molar-refractivity contribution in [3.05, 3.63) is 72.9 Å². The summed E-state index contributed by atoms with van der Waals surface area (Å²) >= 11 is 0. The fourth-order valence-electron chi connectivity index (χ4n) is 7.52. The number of hydrogen-bond acceptors (Lipinski definition) is 7. The summed E-state index contributed by atoms with van der Waals surface area (Å²) in [6.45, 7) is 4.53. The SMILES string of the molecule is CC/C=C/C/C=C/C/C=C/C/C=C/CCCCCCCCCCCC(=O)OCC(COCCC(C(=O)[O-])[N+](C)(C)C)OC(=O)CCCCCCCCCCCC/C=C/C=C/CCCCC. The highest BCUT2D eigenvalue weighted by atomic mass is 16.6. The van der Waals surface area contributed by atoms with Crippen LogP contribution in [0.1, 0.15) is 219 Å². The van der Waals surface area contributed by atoms with E-state index in [9.17, 15) is 19.5 Å². The maximum atomic E-state index is 12.8. The first kappa shape index (κ1) is 61.8. The van der Waals surface area contributed by atoms with Crippen LogP contribution in [0.5, 0.6) is 0 Å². The number of esters is 2. The van der Waals surface area contributed by atoms with Crippen molar-refractivity contribution < 1.29 is 38.2 Å². The van der Waals surface area contributed by atoms with Crippen molar-refractivity contribution in [1.29, 1.82) is 0 Å². The van der Waals surface area contributed by atoms with E-state index in [1.165, 1.54) is 116 Å². The minimum Gasteiger partial charge on any atom is -0.544 e. The number of likely N-dealkylation sites (N-methyl/N-ethyl adjacent to an activating group) is 1. The number of aliphatic carboxylic acids is 1. The predicted molar refractivity (Wildman–Crippen MR) is 272 cm³/mol. The van der Waals surface area contributed by atoms with E-state index >= 15 is 0 Å². The number of allylic oxidation sites excluding steroid dienone is 12. The Labute approximate surface area is 400 Å². The van der Waals surface area contributed by atoms with Gasteiger partial charge in [-0.25, -0.2) is 0 Å². The van der Waals surface area contributed by atoms with Crippen molar-refractivity contribution in [2.24, 2.45) is 0 Å². The average Bonchev–Trinajstić information content (AvgIpc) is 3.27. The number of quaternary nitrogens is 1. The second kappa shape index (κ2) is 47.3. The Morgan fingerprint density at radius 2 is 0.908 bits per heavy atom. The molecule has 0 amide bonds. The third-order valence-electron chi connectivity index (χ3n) is 11.6.